The van der Waals surface area contributed by atoms with Gasteiger partial charge in [-0.1, -0.05) is 123 Å². The molecule has 1 atom stereocenters. The van der Waals surface area contributed by atoms with Crippen LogP contribution in [0.1, 0.15) is 44.2 Å². The first-order chi connectivity index (χ1) is 25.0. The smallest absolute Gasteiger partial charge is 0.0541 e. The van der Waals surface area contributed by atoms with Gasteiger partial charge in [0.25, 0.3) is 0 Å². The topological polar surface area (TPSA) is 8.17 Å². The lowest BCUT2D eigenvalue weighted by Crippen LogP contribution is -2.09. The van der Waals surface area contributed by atoms with Crippen molar-refractivity contribution in [1.82, 2.24) is 4.57 Å². The SMILES string of the molecule is CCC(c1ccc(-c2ccc3c(c2)c2cc(-c4ccc(N(c5ccccc5)c5ccccc5)cc4)ccc2n3-c2ccc(C)cc2)cc1)C(C)C. The fourth-order valence-corrected chi connectivity index (χ4v) is 7.77. The number of hydrogen-bond donors (Lipinski definition) is 0. The molecule has 1 heterocycles. The number of nitrogens with zero attached hydrogens (tertiary/aromatic N) is 2. The molecule has 0 aliphatic heterocycles. The Hall–Kier alpha value is -5.86. The van der Waals surface area contributed by atoms with Gasteiger partial charge in [-0.2, -0.15) is 0 Å². The highest BCUT2D eigenvalue weighted by molar-refractivity contribution is 6.11. The van der Waals surface area contributed by atoms with Gasteiger partial charge in [-0.15, -0.1) is 0 Å². The van der Waals surface area contributed by atoms with Crippen molar-refractivity contribution in [2.45, 2.75) is 40.0 Å². The number of aryl methyl sites for hydroxylation is 1. The van der Waals surface area contributed by atoms with Crippen LogP contribution < -0.4 is 4.90 Å². The van der Waals surface area contributed by atoms with Gasteiger partial charge in [-0.05, 0) is 126 Å². The van der Waals surface area contributed by atoms with Crippen LogP contribution >= 0.6 is 0 Å². The van der Waals surface area contributed by atoms with Crippen LogP contribution in [-0.4, -0.2) is 4.57 Å². The summed E-state index contributed by atoms with van der Waals surface area (Å²) in [7, 11) is 0. The molecule has 250 valence electrons. The molecule has 8 aromatic rings. The molecule has 0 saturated carbocycles. The summed E-state index contributed by atoms with van der Waals surface area (Å²) in [6.45, 7) is 9.09. The predicted octanol–water partition coefficient (Wildman–Crippen LogP) is 14.0. The molecule has 0 N–H and O–H groups in total. The Kier molecular flexibility index (Phi) is 8.76. The van der Waals surface area contributed by atoms with Crippen molar-refractivity contribution in [2.24, 2.45) is 5.92 Å². The van der Waals surface area contributed by atoms with Crippen molar-refractivity contribution < 1.29 is 0 Å². The van der Waals surface area contributed by atoms with E-state index in [-0.39, 0.29) is 0 Å². The maximum Gasteiger partial charge on any atom is 0.0541 e. The Labute approximate surface area is 302 Å². The van der Waals surface area contributed by atoms with E-state index in [2.05, 4.69) is 207 Å². The second-order valence-corrected chi connectivity index (χ2v) is 14.1. The maximum atomic E-state index is 2.41. The fraction of sp³-hybridized carbons (Fsp3) is 0.143. The first kappa shape index (κ1) is 32.4. The summed E-state index contributed by atoms with van der Waals surface area (Å²) in [6.07, 6.45) is 1.16. The van der Waals surface area contributed by atoms with Gasteiger partial charge in [0, 0.05) is 33.5 Å². The average Bonchev–Trinajstić information content (AvgIpc) is 3.50. The van der Waals surface area contributed by atoms with Crippen molar-refractivity contribution in [1.29, 1.82) is 0 Å². The van der Waals surface area contributed by atoms with Crippen LogP contribution in [0.5, 0.6) is 0 Å². The third kappa shape index (κ3) is 6.23. The second-order valence-electron chi connectivity index (χ2n) is 14.1. The quantitative estimate of drug-likeness (QED) is 0.150. The van der Waals surface area contributed by atoms with Crippen LogP contribution in [0.15, 0.2) is 170 Å². The zero-order valence-electron chi connectivity index (χ0n) is 29.9. The molecule has 8 rings (SSSR count). The number of fused-ring (bicyclic) bond motifs is 3. The molecule has 51 heavy (non-hydrogen) atoms. The molecule has 0 spiro atoms. The van der Waals surface area contributed by atoms with Crippen LogP contribution in [0.4, 0.5) is 17.1 Å². The zero-order chi connectivity index (χ0) is 34.9. The monoisotopic (exact) mass is 660 g/mol. The molecule has 0 fully saturated rings. The van der Waals surface area contributed by atoms with Crippen molar-refractivity contribution in [3.8, 4) is 27.9 Å². The summed E-state index contributed by atoms with van der Waals surface area (Å²) >= 11 is 0. The molecular weight excluding hydrogens is 617 g/mol. The summed E-state index contributed by atoms with van der Waals surface area (Å²) in [5.41, 5.74) is 14.6. The van der Waals surface area contributed by atoms with Crippen molar-refractivity contribution in [3.63, 3.8) is 0 Å². The van der Waals surface area contributed by atoms with Crippen molar-refractivity contribution >= 4 is 38.9 Å². The molecule has 0 saturated heterocycles. The number of aromatic nitrogens is 1. The van der Waals surface area contributed by atoms with E-state index in [1.165, 1.54) is 60.9 Å². The Morgan fingerprint density at radius 2 is 0.941 bits per heavy atom. The van der Waals surface area contributed by atoms with E-state index in [0.29, 0.717) is 11.8 Å². The van der Waals surface area contributed by atoms with E-state index < -0.39 is 0 Å². The number of benzene rings is 7. The van der Waals surface area contributed by atoms with E-state index in [1.54, 1.807) is 0 Å². The standard InChI is InChI=1S/C49H44N2/c1-5-45(34(2)3)38-20-18-36(19-21-38)39-24-30-48-46(32-39)47-33-40(25-31-49(47)51(48)44-26-16-35(4)17-27-44)37-22-28-43(29-23-37)50(41-12-8-6-9-13-41)42-14-10-7-11-15-42/h6-34,45H,5H2,1-4H3. The minimum atomic E-state index is 0.584. The molecule has 2 nitrogen and oxygen atoms in total. The largest absolute Gasteiger partial charge is 0.311 e. The second kappa shape index (κ2) is 13.8. The number of para-hydroxylation sites is 2. The van der Waals surface area contributed by atoms with Gasteiger partial charge >= 0.3 is 0 Å². The highest BCUT2D eigenvalue weighted by Crippen LogP contribution is 2.39. The van der Waals surface area contributed by atoms with Gasteiger partial charge in [0.1, 0.15) is 0 Å². The minimum Gasteiger partial charge on any atom is -0.311 e. The first-order valence-electron chi connectivity index (χ1n) is 18.2. The third-order valence-electron chi connectivity index (χ3n) is 10.5. The van der Waals surface area contributed by atoms with Gasteiger partial charge in [0.2, 0.25) is 0 Å². The molecule has 0 aliphatic rings. The zero-order valence-corrected chi connectivity index (χ0v) is 29.9. The Morgan fingerprint density at radius 3 is 1.41 bits per heavy atom. The van der Waals surface area contributed by atoms with Crippen LogP contribution in [0.25, 0.3) is 49.7 Å². The molecule has 1 unspecified atom stereocenters. The van der Waals surface area contributed by atoms with E-state index in [1.807, 2.05) is 0 Å². The Bertz CT molecular complexity index is 2360. The maximum absolute atomic E-state index is 2.41. The van der Waals surface area contributed by atoms with E-state index in [0.717, 1.165) is 23.5 Å². The number of hydrogen-bond acceptors (Lipinski definition) is 1. The number of anilines is 3. The van der Waals surface area contributed by atoms with Gasteiger partial charge in [0.05, 0.1) is 11.0 Å². The molecule has 0 bridgehead atoms. The lowest BCUT2D eigenvalue weighted by molar-refractivity contribution is 0.485. The van der Waals surface area contributed by atoms with Gasteiger partial charge in [-0.3, -0.25) is 0 Å². The Morgan fingerprint density at radius 1 is 0.490 bits per heavy atom. The molecule has 0 aliphatic carbocycles. The van der Waals surface area contributed by atoms with Crippen LogP contribution in [0.2, 0.25) is 0 Å². The molecule has 7 aromatic carbocycles. The van der Waals surface area contributed by atoms with E-state index in [9.17, 15) is 0 Å². The van der Waals surface area contributed by atoms with Crippen LogP contribution in [-0.2, 0) is 0 Å². The summed E-state index contributed by atoms with van der Waals surface area (Å²) in [4.78, 5) is 2.31. The summed E-state index contributed by atoms with van der Waals surface area (Å²) < 4.78 is 2.41. The predicted molar refractivity (Wildman–Crippen MR) is 219 cm³/mol. The molecule has 0 amide bonds. The van der Waals surface area contributed by atoms with Crippen molar-refractivity contribution in [3.05, 3.63) is 181 Å². The normalized spacial score (nSPS) is 12.1. The lowest BCUT2D eigenvalue weighted by Gasteiger charge is -2.25. The average molecular weight is 661 g/mol. The van der Waals surface area contributed by atoms with Gasteiger partial charge in [-0.25, -0.2) is 0 Å². The summed E-state index contributed by atoms with van der Waals surface area (Å²) in [5.74, 6) is 1.21. The van der Waals surface area contributed by atoms with Gasteiger partial charge in [0.15, 0.2) is 0 Å². The highest BCUT2D eigenvalue weighted by Gasteiger charge is 2.17. The van der Waals surface area contributed by atoms with E-state index >= 15 is 0 Å². The molecule has 1 aromatic heterocycles. The number of rotatable bonds is 9. The fourth-order valence-electron chi connectivity index (χ4n) is 7.77. The molecule has 2 heteroatoms. The van der Waals surface area contributed by atoms with Crippen molar-refractivity contribution in [2.75, 3.05) is 4.90 Å². The lowest BCUT2D eigenvalue weighted by atomic mass is 9.86. The first-order valence-corrected chi connectivity index (χ1v) is 18.2. The Balaban J connectivity index is 1.22. The minimum absolute atomic E-state index is 0.584. The third-order valence-corrected chi connectivity index (χ3v) is 10.5. The van der Waals surface area contributed by atoms with E-state index in [4.69, 9.17) is 0 Å². The highest BCUT2D eigenvalue weighted by atomic mass is 15.1. The summed E-state index contributed by atoms with van der Waals surface area (Å²) in [5, 5.41) is 2.52. The molecule has 0 radical (unpaired) electrons. The summed E-state index contributed by atoms with van der Waals surface area (Å²) in [6, 6.07) is 62.2. The van der Waals surface area contributed by atoms with Crippen LogP contribution in [0.3, 0.4) is 0 Å². The van der Waals surface area contributed by atoms with Crippen LogP contribution in [0, 0.1) is 12.8 Å². The van der Waals surface area contributed by atoms with Gasteiger partial charge < -0.3 is 9.47 Å². The molecular formula is C49H44N2.